The van der Waals surface area contributed by atoms with E-state index in [0.717, 1.165) is 7.11 Å². The molecule has 0 aromatic heterocycles. The van der Waals surface area contributed by atoms with Crippen molar-refractivity contribution in [2.24, 2.45) is 10.2 Å². The zero-order chi connectivity index (χ0) is 96.6. The summed E-state index contributed by atoms with van der Waals surface area (Å²) in [6.07, 6.45) is -55.6. The molecule has 25 atom stereocenters. The molecule has 0 radical (unpaired) electrons. The minimum absolute atomic E-state index is 0. The van der Waals surface area contributed by atoms with Crippen molar-refractivity contribution in [2.45, 2.75) is 200 Å². The number of nitrogens with one attached hydrogen (secondary N) is 1. The summed E-state index contributed by atoms with van der Waals surface area (Å²) in [5, 5.41) is 38.6. The molecule has 142 heavy (non-hydrogen) atoms. The number of aliphatic carboxylic acids is 2. The van der Waals surface area contributed by atoms with Crippen LogP contribution in [0.25, 0.3) is 20.9 Å². The van der Waals surface area contributed by atoms with Gasteiger partial charge in [0.1, 0.15) is 122 Å². The SMILES string of the molecule is CO[C@H]1O[C@H](COS(=O)(=O)[O-])[C@@H](O[C@@H]2O[C@@H](C(=O)[O-])[C@@H](O[C@H]3O[C@H](COS(=O)(=O)[O-])[C@@H](O[C@@H]4O[C@H](C(=O)[O-])[C@@H](O[C@H]5O[C@H](COS(=O)(=O)[O-])[C@@H](OCc6ccccc6)[C@H](OCc6ccccc6)[C@H]5N=[N+]=[N-])[C@H](OCc5ccccc5)[C@H]4OCc4ccccc4)[C@H](OS(=O)(=O)[O-])[C@H]3N=[N+]=[N-])[C@H](OCc3ccccc3)[C@H]2OS(=O)(=O)[O-])[C@H](OCc2ccccc2)[C@H]1NC(=O)OCc1ccccc1.[Na+].[Na+].[Na+].[Na+].[Na+].[Na+].[Na+]. The predicted octanol–water partition coefficient (Wildman–Crippen LogP) is -19.4. The Hall–Kier alpha value is -2.92. The van der Waals surface area contributed by atoms with Crippen molar-refractivity contribution in [2.75, 3.05) is 26.9 Å². The fraction of sp³-hybridized carbons (Fsp3) is 0.444. The summed E-state index contributed by atoms with van der Waals surface area (Å²) >= 11 is 0. The molecule has 0 spiro atoms. The Morgan fingerprint density at radius 3 is 0.915 bits per heavy atom. The van der Waals surface area contributed by atoms with Gasteiger partial charge in [-0.25, -0.2) is 46.9 Å². The third-order valence-corrected chi connectivity index (χ3v) is 23.1. The van der Waals surface area contributed by atoms with Crippen LogP contribution in [0.2, 0.25) is 0 Å². The molecule has 1 N–H and O–H groups in total. The van der Waals surface area contributed by atoms with Crippen molar-refractivity contribution in [3.05, 3.63) is 272 Å². The number of carboxylic acid groups (broad SMARTS) is 2. The van der Waals surface area contributed by atoms with Crippen LogP contribution in [-0.4, -0.2) is 263 Å². The van der Waals surface area contributed by atoms with Crippen LogP contribution in [0, 0.1) is 0 Å². The Morgan fingerprint density at radius 2 is 0.592 bits per heavy atom. The predicted molar refractivity (Wildman–Crippen MR) is 435 cm³/mol. The smallest absolute Gasteiger partial charge is 0.726 e. The van der Waals surface area contributed by atoms with Crippen LogP contribution < -0.4 is 222 Å². The molecule has 0 saturated carbocycles. The summed E-state index contributed by atoms with van der Waals surface area (Å²) in [6, 6.07) is 47.9. The maximum atomic E-state index is 14.3. The van der Waals surface area contributed by atoms with E-state index in [2.05, 4.69) is 33.7 Å². The second-order valence-electron chi connectivity index (χ2n) is 30.0. The molecule has 1 amide bonds. The number of ether oxygens (including phenoxy) is 17. The molecule has 12 rings (SSSR count). The van der Waals surface area contributed by atoms with Gasteiger partial charge in [-0.3, -0.25) is 20.9 Å². The maximum Gasteiger partial charge on any atom is 1.00 e. The van der Waals surface area contributed by atoms with Gasteiger partial charge in [-0.05, 0) is 50.0 Å². The first-order valence-electron chi connectivity index (χ1n) is 40.4. The average molecular weight is 2150 g/mol. The summed E-state index contributed by atoms with van der Waals surface area (Å²) in [4.78, 5) is 48.3. The quantitative estimate of drug-likeness (QED) is 0.00924. The van der Waals surface area contributed by atoms with E-state index < -0.39 is 276 Å². The molecule has 732 valence electrons. The molecule has 61 heteroatoms. The second-order valence-corrected chi connectivity index (χ2v) is 35.1. The van der Waals surface area contributed by atoms with Gasteiger partial charge in [0.15, 0.2) is 37.6 Å². The van der Waals surface area contributed by atoms with E-state index in [-0.39, 0.29) is 237 Å². The third kappa shape index (κ3) is 39.9. The minimum atomic E-state index is -6.50. The Balaban J connectivity index is 0.00000508. The van der Waals surface area contributed by atoms with Crippen LogP contribution in [-0.2, 0) is 209 Å². The normalized spacial score (nSPS) is 27.6. The molecular weight excluding hydrogens is 2060 g/mol. The minimum Gasteiger partial charge on any atom is -0.726 e. The number of nitrogens with zero attached hydrogens (tertiary/aromatic N) is 6. The first kappa shape index (κ1) is 130. The third-order valence-electron chi connectivity index (χ3n) is 20.9. The number of methoxy groups -OCH3 is 1. The molecule has 5 saturated heterocycles. The average Bonchev–Trinajstić information content (AvgIpc) is 0.736. The number of alkyl carbamates (subject to hydrolysis) is 1. The van der Waals surface area contributed by atoms with Crippen LogP contribution in [0.15, 0.2) is 223 Å². The van der Waals surface area contributed by atoms with Crippen molar-refractivity contribution >= 4 is 70.0 Å². The number of carbonyl (C=O) groups is 3. The van der Waals surface area contributed by atoms with Gasteiger partial charge in [0.2, 0.25) is 52.0 Å². The monoisotopic (exact) mass is 2150 g/mol. The van der Waals surface area contributed by atoms with E-state index in [0.29, 0.717) is 22.3 Å². The summed E-state index contributed by atoms with van der Waals surface area (Å²) < 4.78 is 325. The van der Waals surface area contributed by atoms with E-state index in [1.165, 1.54) is 91.0 Å². The number of rotatable bonds is 47. The fourth-order valence-electron chi connectivity index (χ4n) is 15.1. The number of benzene rings is 7. The molecule has 5 heterocycles. The standard InChI is InChI=1S/C81H91N7O42S5.7Na/c1-109-76-57(84-81(93)116-43-53-35-21-8-22-36-53)63(111-38-48-25-11-3-12-26-48)61(55(120-76)45-118-132(97,98)99)123-80-73(130-135(106,107)108)67(114-41-51-31-17-6-18-32-51)69(71(128-80)75(91)92)126-78-59(86-88-83)65(129-134(103,104)105)62(56(122-78)46-119-133(100,101)102)124-79-72(115-42-52-33-19-7-20-34-52)66(113-40-50-29-15-5-16-30-50)68(70(127-79)74(89)90)125-77-58(85-87-82)64(112-39-49-27-13-4-14-28-49)60(54(121-77)44-117-131(94,95)96)110-37-47-23-9-2-10-24-47;;;;;;;/h2-36,54-73,76-80H,37-46H2,1H3,(H,84,93)(H,89,90)(H,91,92)(H,94,95,96)(H,97,98,99)(H,100,101,102)(H,103,104,105)(H,106,107,108);;;;;;;/q;7*+1/p-7/t54-,55-,56-,57-,58-,59-,60-,61-,62-,63-,64-,65-,66+,67+,68+,69+,70+,71-,72-,73-,76+,77-,78-,79-,80-;;;;;;;/m1......./s1. The van der Waals surface area contributed by atoms with Gasteiger partial charge >= 0.3 is 213 Å². The first-order valence-corrected chi connectivity index (χ1v) is 47.1. The van der Waals surface area contributed by atoms with Gasteiger partial charge in [0.25, 0.3) is 0 Å². The number of azide groups is 2. The summed E-state index contributed by atoms with van der Waals surface area (Å²) in [7, 11) is -29.4. The number of hydrogen-bond acceptors (Lipinski definition) is 44. The van der Waals surface area contributed by atoms with Gasteiger partial charge in [-0.15, -0.1) is 0 Å². The Kier molecular flexibility index (Phi) is 56.8. The molecule has 5 aliphatic heterocycles. The van der Waals surface area contributed by atoms with Crippen LogP contribution in [0.1, 0.15) is 38.9 Å². The van der Waals surface area contributed by atoms with E-state index in [9.17, 15) is 101 Å². The van der Waals surface area contributed by atoms with Gasteiger partial charge in [0, 0.05) is 16.9 Å². The van der Waals surface area contributed by atoms with Crippen molar-refractivity contribution in [3.8, 4) is 0 Å². The van der Waals surface area contributed by atoms with E-state index in [4.69, 9.17) is 93.1 Å². The number of hydrogen-bond donors (Lipinski definition) is 1. The summed E-state index contributed by atoms with van der Waals surface area (Å²) in [5.41, 5.74) is 23.4. The first-order chi connectivity index (χ1) is 64.5. The number of carbonyl (C=O) groups excluding carboxylic acids is 3. The topological polar surface area (TPSA) is 696 Å². The van der Waals surface area contributed by atoms with Crippen LogP contribution in [0.5, 0.6) is 0 Å². The molecule has 0 unspecified atom stereocenters. The molecule has 0 bridgehead atoms. The van der Waals surface area contributed by atoms with Crippen LogP contribution in [0.3, 0.4) is 0 Å². The molecule has 7 aromatic carbocycles. The van der Waals surface area contributed by atoms with Gasteiger partial charge in [-0.2, -0.15) is 0 Å². The maximum absolute atomic E-state index is 14.3. The molecule has 7 aromatic rings. The van der Waals surface area contributed by atoms with E-state index >= 15 is 0 Å². The Morgan fingerprint density at radius 1 is 0.324 bits per heavy atom. The van der Waals surface area contributed by atoms with E-state index in [1.54, 1.807) is 121 Å². The largest absolute Gasteiger partial charge is 1.00 e. The van der Waals surface area contributed by atoms with Crippen molar-refractivity contribution in [1.29, 1.82) is 0 Å². The summed E-state index contributed by atoms with van der Waals surface area (Å²) in [5.74, 6) is -4.83. The molecule has 49 nitrogen and oxygen atoms in total. The van der Waals surface area contributed by atoms with E-state index in [1.807, 2.05) is 0 Å². The Labute approximate surface area is 969 Å². The molecular formula is C81H84N7Na7O42S5. The van der Waals surface area contributed by atoms with Crippen molar-refractivity contribution in [1.82, 2.24) is 5.32 Å². The molecule has 5 fully saturated rings. The Bertz CT molecular complexity index is 5740. The zero-order valence-electron chi connectivity index (χ0n) is 77.1. The van der Waals surface area contributed by atoms with Crippen molar-refractivity contribution < 1.29 is 398 Å². The number of amides is 1. The van der Waals surface area contributed by atoms with Crippen LogP contribution in [0.4, 0.5) is 4.79 Å². The zero-order valence-corrected chi connectivity index (χ0v) is 95.2. The second kappa shape index (κ2) is 62.3. The molecule has 5 aliphatic rings. The van der Waals surface area contributed by atoms with Gasteiger partial charge in [0.05, 0.1) is 71.4 Å². The molecule has 0 aliphatic carbocycles. The van der Waals surface area contributed by atoms with Gasteiger partial charge < -0.3 is 128 Å². The van der Waals surface area contributed by atoms with Gasteiger partial charge in [-0.1, -0.05) is 223 Å². The van der Waals surface area contributed by atoms with Crippen LogP contribution >= 0.6 is 0 Å². The van der Waals surface area contributed by atoms with Crippen molar-refractivity contribution in [3.63, 3.8) is 0 Å². The fourth-order valence-corrected chi connectivity index (χ4v) is 17.0. The number of carboxylic acids is 2. The summed E-state index contributed by atoms with van der Waals surface area (Å²) in [6.45, 7) is -8.33.